The molecule has 4 nitrogen and oxygen atoms in total. The van der Waals surface area contributed by atoms with Crippen molar-refractivity contribution in [1.29, 1.82) is 0 Å². The summed E-state index contributed by atoms with van der Waals surface area (Å²) in [4.78, 5) is 13.7. The van der Waals surface area contributed by atoms with E-state index in [1.54, 1.807) is 25.3 Å². The lowest BCUT2D eigenvalue weighted by atomic mass is 10.2. The first-order valence-electron chi connectivity index (χ1n) is 3.22. The van der Waals surface area contributed by atoms with Crippen LogP contribution in [0.2, 0.25) is 0 Å². The maximum absolute atomic E-state index is 10.1. The molecule has 0 aliphatic heterocycles. The molecule has 1 heterocycles. The lowest BCUT2D eigenvalue weighted by Crippen LogP contribution is -2.00. The van der Waals surface area contributed by atoms with E-state index >= 15 is 0 Å². The summed E-state index contributed by atoms with van der Waals surface area (Å²) in [5.41, 5.74) is 1.40. The molecular weight excluding hydrogens is 144 g/mol. The summed E-state index contributed by atoms with van der Waals surface area (Å²) in [6.45, 7) is 1.62. The van der Waals surface area contributed by atoms with Crippen molar-refractivity contribution in [3.63, 3.8) is 0 Å². The summed E-state index contributed by atoms with van der Waals surface area (Å²) < 4.78 is 0. The lowest BCUT2D eigenvalue weighted by Gasteiger charge is -1.96. The fourth-order valence-electron chi connectivity index (χ4n) is 0.824. The Morgan fingerprint density at radius 1 is 1.73 bits per heavy atom. The molecule has 0 aliphatic rings. The Morgan fingerprint density at radius 3 is 3.00 bits per heavy atom. The van der Waals surface area contributed by atoms with Crippen molar-refractivity contribution in [2.45, 2.75) is 13.5 Å². The summed E-state index contributed by atoms with van der Waals surface area (Å²) in [5.74, 6) is 0. The molecule has 0 aliphatic carbocycles. The predicted octanol–water partition coefficient (Wildman–Crippen LogP) is 1.17. The first-order valence-corrected chi connectivity index (χ1v) is 3.22. The molecule has 0 unspecified atom stereocenters. The Bertz CT molecular complexity index is 273. The number of aromatic nitrogens is 1. The fourth-order valence-corrected chi connectivity index (χ4v) is 0.824. The van der Waals surface area contributed by atoms with Crippen LogP contribution < -0.4 is 0 Å². The highest BCUT2D eigenvalue weighted by molar-refractivity contribution is 5.16. The van der Waals surface area contributed by atoms with E-state index in [9.17, 15) is 10.1 Å². The van der Waals surface area contributed by atoms with Gasteiger partial charge < -0.3 is 0 Å². The minimum absolute atomic E-state index is 0.139. The molecule has 1 rings (SSSR count). The fraction of sp³-hybridized carbons (Fsp3) is 0.286. The lowest BCUT2D eigenvalue weighted by molar-refractivity contribution is -0.496. The van der Waals surface area contributed by atoms with Crippen LogP contribution in [0, 0.1) is 17.0 Å². The van der Waals surface area contributed by atoms with Gasteiger partial charge in [0, 0.05) is 22.4 Å². The van der Waals surface area contributed by atoms with Gasteiger partial charge >= 0.3 is 0 Å². The van der Waals surface area contributed by atoms with Gasteiger partial charge in [0.2, 0.25) is 6.54 Å². The van der Waals surface area contributed by atoms with E-state index in [0.717, 1.165) is 5.69 Å². The number of nitro groups is 1. The van der Waals surface area contributed by atoms with Gasteiger partial charge in [0.1, 0.15) is 0 Å². The SMILES string of the molecule is Cc1ncccc1C[N+](=O)[O-]. The highest BCUT2D eigenvalue weighted by Crippen LogP contribution is 2.03. The first kappa shape index (κ1) is 7.65. The quantitative estimate of drug-likeness (QED) is 0.472. The van der Waals surface area contributed by atoms with Crippen LogP contribution in [0.5, 0.6) is 0 Å². The summed E-state index contributed by atoms with van der Waals surface area (Å²) in [7, 11) is 0. The van der Waals surface area contributed by atoms with Crippen LogP contribution in [-0.4, -0.2) is 9.91 Å². The highest BCUT2D eigenvalue weighted by atomic mass is 16.6. The summed E-state index contributed by atoms with van der Waals surface area (Å²) >= 11 is 0. The number of hydrogen-bond acceptors (Lipinski definition) is 3. The molecule has 0 saturated carbocycles. The van der Waals surface area contributed by atoms with Crippen molar-refractivity contribution >= 4 is 0 Å². The average Bonchev–Trinajstić information content (AvgIpc) is 1.93. The topological polar surface area (TPSA) is 56.0 Å². The second-order valence-corrected chi connectivity index (χ2v) is 2.24. The minimum atomic E-state index is -0.357. The number of pyridine rings is 1. The maximum atomic E-state index is 10.1. The smallest absolute Gasteiger partial charge is 0.230 e. The van der Waals surface area contributed by atoms with E-state index in [0.29, 0.717) is 5.56 Å². The number of aryl methyl sites for hydroxylation is 1. The molecule has 0 atom stereocenters. The van der Waals surface area contributed by atoms with Gasteiger partial charge in [-0.05, 0) is 19.1 Å². The van der Waals surface area contributed by atoms with Crippen molar-refractivity contribution in [2.24, 2.45) is 0 Å². The van der Waals surface area contributed by atoms with Crippen LogP contribution in [0.1, 0.15) is 11.3 Å². The Morgan fingerprint density at radius 2 is 2.45 bits per heavy atom. The van der Waals surface area contributed by atoms with E-state index < -0.39 is 0 Å². The first-order chi connectivity index (χ1) is 5.20. The molecule has 58 valence electrons. The van der Waals surface area contributed by atoms with Crippen molar-refractivity contribution in [1.82, 2.24) is 4.98 Å². The summed E-state index contributed by atoms with van der Waals surface area (Å²) in [6.07, 6.45) is 1.62. The minimum Gasteiger partial charge on any atom is -0.264 e. The van der Waals surface area contributed by atoms with Crippen LogP contribution in [0.4, 0.5) is 0 Å². The Hall–Kier alpha value is -1.45. The molecular formula is C7H8N2O2. The molecule has 0 spiro atoms. The second kappa shape index (κ2) is 3.09. The van der Waals surface area contributed by atoms with E-state index in [2.05, 4.69) is 4.98 Å². The molecule has 1 aromatic heterocycles. The normalized spacial score (nSPS) is 9.55. The Balaban J connectivity index is 2.86. The van der Waals surface area contributed by atoms with Gasteiger partial charge in [-0.2, -0.15) is 0 Å². The van der Waals surface area contributed by atoms with Crippen LogP contribution in [0.25, 0.3) is 0 Å². The largest absolute Gasteiger partial charge is 0.264 e. The zero-order valence-electron chi connectivity index (χ0n) is 6.15. The van der Waals surface area contributed by atoms with E-state index in [1.807, 2.05) is 0 Å². The third-order valence-electron chi connectivity index (χ3n) is 1.42. The van der Waals surface area contributed by atoms with Crippen molar-refractivity contribution in [3.8, 4) is 0 Å². The van der Waals surface area contributed by atoms with Crippen LogP contribution in [0.15, 0.2) is 18.3 Å². The predicted molar refractivity (Wildman–Crippen MR) is 39.7 cm³/mol. The molecule has 0 saturated heterocycles. The van der Waals surface area contributed by atoms with Crippen LogP contribution in [-0.2, 0) is 6.54 Å². The van der Waals surface area contributed by atoms with Gasteiger partial charge in [0.15, 0.2) is 0 Å². The van der Waals surface area contributed by atoms with Crippen LogP contribution >= 0.6 is 0 Å². The van der Waals surface area contributed by atoms with E-state index in [4.69, 9.17) is 0 Å². The molecule has 0 N–H and O–H groups in total. The molecule has 4 heteroatoms. The zero-order chi connectivity index (χ0) is 8.27. The van der Waals surface area contributed by atoms with E-state index in [1.165, 1.54) is 0 Å². The summed E-state index contributed by atoms with van der Waals surface area (Å²) in [5, 5.41) is 10.1. The zero-order valence-corrected chi connectivity index (χ0v) is 6.15. The average molecular weight is 152 g/mol. The van der Waals surface area contributed by atoms with Gasteiger partial charge in [-0.15, -0.1) is 0 Å². The molecule has 0 aromatic carbocycles. The van der Waals surface area contributed by atoms with Crippen molar-refractivity contribution < 1.29 is 4.92 Å². The standard InChI is InChI=1S/C7H8N2O2/c1-6-7(5-9(10)11)3-2-4-8-6/h2-4H,5H2,1H3. The van der Waals surface area contributed by atoms with Crippen molar-refractivity contribution in [3.05, 3.63) is 39.7 Å². The Labute approximate surface area is 64.0 Å². The third-order valence-corrected chi connectivity index (χ3v) is 1.42. The maximum Gasteiger partial charge on any atom is 0.230 e. The molecule has 0 amide bonds. The molecule has 0 radical (unpaired) electrons. The Kier molecular flexibility index (Phi) is 2.15. The third kappa shape index (κ3) is 2.00. The number of hydrogen-bond donors (Lipinski definition) is 0. The van der Waals surface area contributed by atoms with Gasteiger partial charge in [0.05, 0.1) is 0 Å². The van der Waals surface area contributed by atoms with Gasteiger partial charge in [0.25, 0.3) is 0 Å². The number of nitrogens with zero attached hydrogens (tertiary/aromatic N) is 2. The molecule has 11 heavy (non-hydrogen) atoms. The molecule has 0 bridgehead atoms. The summed E-state index contributed by atoms with van der Waals surface area (Å²) in [6, 6.07) is 3.41. The van der Waals surface area contributed by atoms with Gasteiger partial charge in [-0.1, -0.05) is 0 Å². The molecule has 0 fully saturated rings. The van der Waals surface area contributed by atoms with E-state index in [-0.39, 0.29) is 11.5 Å². The molecule has 1 aromatic rings. The highest BCUT2D eigenvalue weighted by Gasteiger charge is 2.03. The monoisotopic (exact) mass is 152 g/mol. The second-order valence-electron chi connectivity index (χ2n) is 2.24. The van der Waals surface area contributed by atoms with Gasteiger partial charge in [-0.25, -0.2) is 0 Å². The van der Waals surface area contributed by atoms with Crippen LogP contribution in [0.3, 0.4) is 0 Å². The van der Waals surface area contributed by atoms with Crippen molar-refractivity contribution in [2.75, 3.05) is 0 Å². The number of rotatable bonds is 2. The van der Waals surface area contributed by atoms with Gasteiger partial charge in [-0.3, -0.25) is 15.1 Å².